The van der Waals surface area contributed by atoms with E-state index in [4.69, 9.17) is 11.6 Å². The highest BCUT2D eigenvalue weighted by Gasteiger charge is 2.20. The van der Waals surface area contributed by atoms with Crippen LogP contribution in [-0.2, 0) is 15.4 Å². The third-order valence-corrected chi connectivity index (χ3v) is 6.20. The minimum Gasteiger partial charge on any atom is -0.277 e. The van der Waals surface area contributed by atoms with Crippen molar-refractivity contribution in [2.45, 2.75) is 38.0 Å². The van der Waals surface area contributed by atoms with Crippen LogP contribution in [0.2, 0.25) is 5.02 Å². The summed E-state index contributed by atoms with van der Waals surface area (Å²) < 4.78 is 30.1. The lowest BCUT2D eigenvalue weighted by atomic mass is 9.87. The quantitative estimate of drug-likeness (QED) is 0.619. The number of rotatable bonds is 5. The van der Waals surface area contributed by atoms with Crippen LogP contribution >= 0.6 is 11.6 Å². The molecule has 0 bridgehead atoms. The highest BCUT2D eigenvalue weighted by Crippen LogP contribution is 2.29. The fourth-order valence-corrected chi connectivity index (χ4v) is 4.10. The lowest BCUT2D eigenvalue weighted by Crippen LogP contribution is -2.16. The highest BCUT2D eigenvalue weighted by molar-refractivity contribution is 7.92. The van der Waals surface area contributed by atoms with Gasteiger partial charge in [-0.3, -0.25) is 4.72 Å². The van der Waals surface area contributed by atoms with Gasteiger partial charge < -0.3 is 0 Å². The van der Waals surface area contributed by atoms with Crippen LogP contribution in [0.5, 0.6) is 0 Å². The van der Waals surface area contributed by atoms with Crippen molar-refractivity contribution in [3.8, 4) is 5.69 Å². The molecule has 8 heteroatoms. The summed E-state index contributed by atoms with van der Waals surface area (Å²) in [6.45, 7) is 11.8. The Morgan fingerprint density at radius 3 is 2.34 bits per heavy atom. The molecule has 0 atom stereocenters. The normalized spacial score (nSPS) is 12.0. The molecule has 0 aliphatic rings. The molecule has 0 unspecified atom stereocenters. The van der Waals surface area contributed by atoms with E-state index in [0.29, 0.717) is 22.1 Å². The number of anilines is 1. The molecule has 6 nitrogen and oxygen atoms in total. The lowest BCUT2D eigenvalue weighted by molar-refractivity contribution is 0.587. The molecule has 0 spiro atoms. The minimum atomic E-state index is -3.81. The summed E-state index contributed by atoms with van der Waals surface area (Å²) in [4.78, 5) is 0.175. The van der Waals surface area contributed by atoms with E-state index < -0.39 is 10.0 Å². The Morgan fingerprint density at radius 1 is 1.14 bits per heavy atom. The number of aromatic nitrogens is 3. The fraction of sp³-hybridized carbons (Fsp3) is 0.238. The third kappa shape index (κ3) is 4.36. The molecule has 0 saturated carbocycles. The Kier molecular flexibility index (Phi) is 5.56. The van der Waals surface area contributed by atoms with E-state index in [1.54, 1.807) is 36.4 Å². The molecular formula is C21H23ClN4O2S. The van der Waals surface area contributed by atoms with Crippen LogP contribution in [0.25, 0.3) is 11.8 Å². The van der Waals surface area contributed by atoms with Gasteiger partial charge in [0.2, 0.25) is 0 Å². The summed E-state index contributed by atoms with van der Waals surface area (Å²) in [7, 11) is -3.81. The van der Waals surface area contributed by atoms with Gasteiger partial charge in [-0.05, 0) is 54.3 Å². The molecule has 1 heterocycles. The van der Waals surface area contributed by atoms with Gasteiger partial charge in [0.05, 0.1) is 22.0 Å². The first kappa shape index (κ1) is 21.1. The summed E-state index contributed by atoms with van der Waals surface area (Å²) >= 11 is 6.15. The Bertz CT molecular complexity index is 1160. The number of hydrogen-bond acceptors (Lipinski definition) is 4. The molecule has 0 fully saturated rings. The van der Waals surface area contributed by atoms with Gasteiger partial charge in [0.25, 0.3) is 10.0 Å². The van der Waals surface area contributed by atoms with Crippen LogP contribution in [0.1, 0.15) is 37.7 Å². The van der Waals surface area contributed by atoms with Crippen LogP contribution in [0.15, 0.2) is 53.9 Å². The number of benzene rings is 2. The van der Waals surface area contributed by atoms with Crippen molar-refractivity contribution in [1.29, 1.82) is 0 Å². The van der Waals surface area contributed by atoms with E-state index in [1.165, 1.54) is 4.68 Å². The maximum Gasteiger partial charge on any atom is 0.261 e. The predicted molar refractivity (Wildman–Crippen MR) is 117 cm³/mol. The molecule has 2 aromatic carbocycles. The Labute approximate surface area is 176 Å². The van der Waals surface area contributed by atoms with Crippen molar-refractivity contribution >= 4 is 33.4 Å². The topological polar surface area (TPSA) is 76.9 Å². The molecule has 0 radical (unpaired) electrons. The molecule has 29 heavy (non-hydrogen) atoms. The highest BCUT2D eigenvalue weighted by atomic mass is 35.5. The van der Waals surface area contributed by atoms with Crippen molar-refractivity contribution in [3.63, 3.8) is 0 Å². The van der Waals surface area contributed by atoms with Crippen molar-refractivity contribution in [3.05, 3.63) is 71.0 Å². The molecule has 1 aromatic heterocycles. The maximum atomic E-state index is 13.0. The van der Waals surface area contributed by atoms with E-state index in [9.17, 15) is 8.42 Å². The van der Waals surface area contributed by atoms with Crippen LogP contribution in [-0.4, -0.2) is 23.4 Å². The predicted octanol–water partition coefficient (Wildman–Crippen LogP) is 4.97. The molecule has 1 N–H and O–H groups in total. The number of nitrogens with zero attached hydrogens (tertiary/aromatic N) is 3. The molecule has 3 rings (SSSR count). The van der Waals surface area contributed by atoms with Crippen LogP contribution in [0.4, 0.5) is 5.69 Å². The molecule has 0 aliphatic carbocycles. The largest absolute Gasteiger partial charge is 0.277 e. The maximum absolute atomic E-state index is 13.0. The van der Waals surface area contributed by atoms with Crippen LogP contribution in [0, 0.1) is 6.92 Å². The van der Waals surface area contributed by atoms with E-state index in [1.807, 2.05) is 19.1 Å². The van der Waals surface area contributed by atoms with Gasteiger partial charge in [0.15, 0.2) is 0 Å². The van der Waals surface area contributed by atoms with Crippen LogP contribution < -0.4 is 4.72 Å². The van der Waals surface area contributed by atoms with Crippen molar-refractivity contribution < 1.29 is 8.42 Å². The second-order valence-electron chi connectivity index (χ2n) is 7.72. The smallest absolute Gasteiger partial charge is 0.261 e. The van der Waals surface area contributed by atoms with E-state index in [2.05, 4.69) is 42.4 Å². The summed E-state index contributed by atoms with van der Waals surface area (Å²) in [5.74, 6) is 0. The molecular weight excluding hydrogens is 408 g/mol. The first-order chi connectivity index (χ1) is 13.5. The fourth-order valence-electron chi connectivity index (χ4n) is 2.86. The number of halogens is 1. The number of hydrogen-bond donors (Lipinski definition) is 1. The van der Waals surface area contributed by atoms with E-state index in [0.717, 1.165) is 11.3 Å². The second-order valence-corrected chi connectivity index (χ2v) is 9.84. The average Bonchev–Trinajstić information content (AvgIpc) is 3.03. The first-order valence-corrected chi connectivity index (χ1v) is 10.9. The summed E-state index contributed by atoms with van der Waals surface area (Å²) in [6, 6.07) is 11.7. The van der Waals surface area contributed by atoms with Crippen LogP contribution in [0.3, 0.4) is 0 Å². The van der Waals surface area contributed by atoms with Gasteiger partial charge in [0, 0.05) is 5.02 Å². The van der Waals surface area contributed by atoms with Gasteiger partial charge in [0.1, 0.15) is 5.69 Å². The Morgan fingerprint density at radius 2 is 1.79 bits per heavy atom. The summed E-state index contributed by atoms with van der Waals surface area (Å²) in [5, 5.41) is 8.60. The van der Waals surface area contributed by atoms with Gasteiger partial charge >= 0.3 is 0 Å². The zero-order valence-electron chi connectivity index (χ0n) is 16.8. The molecule has 0 saturated heterocycles. The standard InChI is InChI=1S/C21H23ClN4O2S/c1-6-18-14(2)26(25-23-18)20-13-16(22)9-12-19(20)24-29(27,28)17-10-7-15(8-11-17)21(3,4)5/h6-13,24H,1H2,2-5H3. The van der Waals surface area contributed by atoms with Gasteiger partial charge in [-0.1, -0.05) is 56.3 Å². The van der Waals surface area contributed by atoms with Gasteiger partial charge in [-0.15, -0.1) is 5.10 Å². The average molecular weight is 431 g/mol. The van der Waals surface area contributed by atoms with Gasteiger partial charge in [-0.2, -0.15) is 0 Å². The third-order valence-electron chi connectivity index (χ3n) is 4.59. The van der Waals surface area contributed by atoms with Crippen molar-refractivity contribution in [2.24, 2.45) is 0 Å². The monoisotopic (exact) mass is 430 g/mol. The minimum absolute atomic E-state index is 0.0629. The summed E-state index contributed by atoms with van der Waals surface area (Å²) in [5.41, 5.74) is 3.14. The second kappa shape index (κ2) is 7.65. The molecule has 0 aliphatic heterocycles. The lowest BCUT2D eigenvalue weighted by Gasteiger charge is -2.19. The van der Waals surface area contributed by atoms with Gasteiger partial charge in [-0.25, -0.2) is 13.1 Å². The van der Waals surface area contributed by atoms with E-state index in [-0.39, 0.29) is 10.3 Å². The van der Waals surface area contributed by atoms with Crippen molar-refractivity contribution in [1.82, 2.24) is 15.0 Å². The number of nitrogens with one attached hydrogen (secondary N) is 1. The molecule has 3 aromatic rings. The number of sulfonamides is 1. The first-order valence-electron chi connectivity index (χ1n) is 9.01. The van der Waals surface area contributed by atoms with Crippen molar-refractivity contribution in [2.75, 3.05) is 4.72 Å². The van der Waals surface area contributed by atoms with E-state index >= 15 is 0 Å². The Hall–Kier alpha value is -2.64. The zero-order valence-corrected chi connectivity index (χ0v) is 18.3. The zero-order chi connectivity index (χ0) is 21.4. The Balaban J connectivity index is 2.01. The summed E-state index contributed by atoms with van der Waals surface area (Å²) in [6.07, 6.45) is 1.59. The molecule has 0 amide bonds. The SMILES string of the molecule is C=Cc1nnn(-c2cc(Cl)ccc2NS(=O)(=O)c2ccc(C(C)(C)C)cc2)c1C. The molecule has 152 valence electrons.